The van der Waals surface area contributed by atoms with Crippen LogP contribution in [0.15, 0.2) is 71.0 Å². The number of carbonyl (C=O) groups excluding carboxylic acids is 2. The summed E-state index contributed by atoms with van der Waals surface area (Å²) in [6, 6.07) is 18.1. The maximum Gasteiger partial charge on any atom is 0.238 e. The number of anilines is 1. The smallest absolute Gasteiger partial charge is 0.238 e. The van der Waals surface area contributed by atoms with E-state index in [2.05, 4.69) is 10.3 Å². The fraction of sp³-hybridized carbons (Fsp3) is 0.136. The van der Waals surface area contributed by atoms with Gasteiger partial charge < -0.3 is 5.32 Å². The van der Waals surface area contributed by atoms with E-state index in [0.29, 0.717) is 27.4 Å². The number of aliphatic imine (C=N–C) groups is 1. The van der Waals surface area contributed by atoms with E-state index in [-0.39, 0.29) is 18.2 Å². The number of carbonyl (C=O) groups is 2. The molecule has 0 aliphatic carbocycles. The lowest BCUT2D eigenvalue weighted by atomic mass is 10.2. The van der Waals surface area contributed by atoms with Crippen molar-refractivity contribution in [1.29, 1.82) is 0 Å². The van der Waals surface area contributed by atoms with Gasteiger partial charge in [0, 0.05) is 27.0 Å². The van der Waals surface area contributed by atoms with Crippen LogP contribution in [0.3, 0.4) is 0 Å². The fourth-order valence-corrected chi connectivity index (χ4v) is 5.33. The van der Waals surface area contributed by atoms with E-state index in [4.69, 9.17) is 23.2 Å². The summed E-state index contributed by atoms with van der Waals surface area (Å²) in [6.07, 6.45) is 0.0734. The predicted octanol–water partition coefficient (Wildman–Crippen LogP) is 6.22. The first-order valence-corrected chi connectivity index (χ1v) is 11.9. The number of halogens is 2. The number of amidine groups is 1. The van der Waals surface area contributed by atoms with Gasteiger partial charge in [0.2, 0.25) is 11.8 Å². The number of para-hydroxylation sites is 1. The van der Waals surface area contributed by atoms with Gasteiger partial charge in [-0.3, -0.25) is 14.5 Å². The van der Waals surface area contributed by atoms with Gasteiger partial charge >= 0.3 is 0 Å². The molecule has 1 saturated heterocycles. The monoisotopic (exact) mass is 489 g/mol. The molecule has 0 bridgehead atoms. The topological polar surface area (TPSA) is 61.8 Å². The van der Waals surface area contributed by atoms with Crippen molar-refractivity contribution in [2.75, 3.05) is 5.32 Å². The molecule has 1 fully saturated rings. The van der Waals surface area contributed by atoms with Gasteiger partial charge in [0.25, 0.3) is 0 Å². The maximum atomic E-state index is 13.0. The summed E-state index contributed by atoms with van der Waals surface area (Å²) in [7, 11) is 0. The molecule has 3 aromatic rings. The van der Waals surface area contributed by atoms with Crippen LogP contribution >= 0.6 is 46.3 Å². The predicted molar refractivity (Wildman–Crippen MR) is 129 cm³/mol. The molecular weight excluding hydrogens is 473 g/mol. The van der Waals surface area contributed by atoms with Crippen LogP contribution in [0.1, 0.15) is 11.3 Å². The van der Waals surface area contributed by atoms with Crippen molar-refractivity contribution < 1.29 is 9.59 Å². The molecule has 2 heterocycles. The normalized spacial score (nSPS) is 17.7. The van der Waals surface area contributed by atoms with E-state index in [1.807, 2.05) is 47.8 Å². The minimum Gasteiger partial charge on any atom is -0.325 e. The van der Waals surface area contributed by atoms with E-state index in [0.717, 1.165) is 10.6 Å². The lowest BCUT2D eigenvalue weighted by Crippen LogP contribution is -2.44. The lowest BCUT2D eigenvalue weighted by Gasteiger charge is -2.31. The third kappa shape index (κ3) is 5.68. The summed E-state index contributed by atoms with van der Waals surface area (Å²) >= 11 is 14.9. The molecule has 1 aromatic heterocycles. The molecule has 158 valence electrons. The number of rotatable bonds is 5. The highest BCUT2D eigenvalue weighted by molar-refractivity contribution is 8.15. The first kappa shape index (κ1) is 21.9. The fourth-order valence-electron chi connectivity index (χ4n) is 3.02. The molecule has 1 N–H and O–H groups in total. The van der Waals surface area contributed by atoms with Crippen LogP contribution < -0.4 is 5.32 Å². The number of nitrogens with one attached hydrogen (secondary N) is 1. The van der Waals surface area contributed by atoms with Crippen molar-refractivity contribution in [3.05, 3.63) is 81.0 Å². The molecule has 5 nitrogen and oxygen atoms in total. The zero-order chi connectivity index (χ0) is 21.8. The number of nitrogens with zero attached hydrogens (tertiary/aromatic N) is 2. The molecular formula is C22H17Cl2N3O2S2. The van der Waals surface area contributed by atoms with E-state index in [1.54, 1.807) is 34.4 Å². The number of amides is 2. The Morgan fingerprint density at radius 1 is 1.10 bits per heavy atom. The van der Waals surface area contributed by atoms with Crippen LogP contribution in [0.5, 0.6) is 0 Å². The second-order valence-electron chi connectivity index (χ2n) is 6.75. The van der Waals surface area contributed by atoms with Crippen molar-refractivity contribution in [3.63, 3.8) is 0 Å². The number of benzene rings is 2. The van der Waals surface area contributed by atoms with E-state index < -0.39 is 5.25 Å². The Kier molecular flexibility index (Phi) is 6.97. The zero-order valence-corrected chi connectivity index (χ0v) is 19.3. The second kappa shape index (κ2) is 9.87. The molecule has 4 rings (SSSR count). The van der Waals surface area contributed by atoms with E-state index >= 15 is 0 Å². The Bertz CT molecular complexity index is 1100. The largest absolute Gasteiger partial charge is 0.325 e. The molecule has 0 radical (unpaired) electrons. The number of thiophene rings is 1. The molecule has 1 aliphatic heterocycles. The first-order chi connectivity index (χ1) is 15.0. The molecule has 2 aromatic carbocycles. The van der Waals surface area contributed by atoms with Gasteiger partial charge in [0.1, 0.15) is 5.25 Å². The summed E-state index contributed by atoms with van der Waals surface area (Å²) in [5, 5.41) is 5.50. The van der Waals surface area contributed by atoms with Crippen LogP contribution in [0.4, 0.5) is 11.4 Å². The lowest BCUT2D eigenvalue weighted by molar-refractivity contribution is -0.129. The second-order valence-corrected chi connectivity index (χ2v) is 9.82. The SMILES string of the molecule is O=C(Nc1cc(Cl)cc(Cl)c1)C1CC(=O)N(Cc2cccs2)C(=Nc2ccccc2)S1. The van der Waals surface area contributed by atoms with Gasteiger partial charge in [0.05, 0.1) is 12.2 Å². The Hall–Kier alpha value is -2.32. The summed E-state index contributed by atoms with van der Waals surface area (Å²) in [5.74, 6) is -0.445. The number of thioether (sulfide) groups is 1. The molecule has 1 atom stereocenters. The van der Waals surface area contributed by atoms with Gasteiger partial charge in [-0.1, -0.05) is 59.2 Å². The zero-order valence-electron chi connectivity index (χ0n) is 16.1. The third-order valence-corrected chi connectivity index (χ3v) is 6.92. The van der Waals surface area contributed by atoms with Crippen LogP contribution in [-0.2, 0) is 16.1 Å². The van der Waals surface area contributed by atoms with Gasteiger partial charge in [0.15, 0.2) is 5.17 Å². The summed E-state index contributed by atoms with van der Waals surface area (Å²) in [4.78, 5) is 33.3. The van der Waals surface area contributed by atoms with Crippen molar-refractivity contribution >= 4 is 74.7 Å². The Morgan fingerprint density at radius 2 is 1.84 bits per heavy atom. The molecule has 31 heavy (non-hydrogen) atoms. The quantitative estimate of drug-likeness (QED) is 0.462. The molecule has 2 amide bonds. The molecule has 0 saturated carbocycles. The highest BCUT2D eigenvalue weighted by atomic mass is 35.5. The van der Waals surface area contributed by atoms with E-state index in [1.165, 1.54) is 11.8 Å². The molecule has 0 spiro atoms. The van der Waals surface area contributed by atoms with E-state index in [9.17, 15) is 9.59 Å². The van der Waals surface area contributed by atoms with Gasteiger partial charge in [-0.2, -0.15) is 0 Å². The Balaban J connectivity index is 1.58. The molecule has 1 aliphatic rings. The van der Waals surface area contributed by atoms with Gasteiger partial charge in [-0.05, 0) is 41.8 Å². The Morgan fingerprint density at radius 3 is 2.52 bits per heavy atom. The van der Waals surface area contributed by atoms with Crippen molar-refractivity contribution in [2.24, 2.45) is 4.99 Å². The maximum absolute atomic E-state index is 13.0. The number of hydrogen-bond acceptors (Lipinski definition) is 5. The van der Waals surface area contributed by atoms with Crippen molar-refractivity contribution in [1.82, 2.24) is 4.90 Å². The summed E-state index contributed by atoms with van der Waals surface area (Å²) in [6.45, 7) is 0.424. The van der Waals surface area contributed by atoms with Gasteiger partial charge in [-0.25, -0.2) is 4.99 Å². The third-order valence-electron chi connectivity index (χ3n) is 4.44. The highest BCUT2D eigenvalue weighted by Crippen LogP contribution is 2.32. The van der Waals surface area contributed by atoms with Crippen LogP contribution in [0.2, 0.25) is 10.0 Å². The van der Waals surface area contributed by atoms with Gasteiger partial charge in [-0.15, -0.1) is 11.3 Å². The molecule has 1 unspecified atom stereocenters. The average Bonchev–Trinajstić information content (AvgIpc) is 3.23. The standard InChI is InChI=1S/C22H17Cl2N3O2S2/c23-14-9-15(24)11-17(10-14)25-21(29)19-12-20(28)27(13-18-7-4-8-30-18)22(31-19)26-16-5-2-1-3-6-16/h1-11,19H,12-13H2,(H,25,29). The van der Waals surface area contributed by atoms with Crippen molar-refractivity contribution in [2.45, 2.75) is 18.2 Å². The highest BCUT2D eigenvalue weighted by Gasteiger charge is 2.36. The minimum absolute atomic E-state index is 0.0734. The Labute approximate surface area is 198 Å². The molecule has 9 heteroatoms. The summed E-state index contributed by atoms with van der Waals surface area (Å²) < 4.78 is 0. The average molecular weight is 490 g/mol. The summed E-state index contributed by atoms with van der Waals surface area (Å²) in [5.41, 5.74) is 1.20. The first-order valence-electron chi connectivity index (χ1n) is 9.38. The van der Waals surface area contributed by atoms with Crippen LogP contribution in [0.25, 0.3) is 0 Å². The number of hydrogen-bond donors (Lipinski definition) is 1. The minimum atomic E-state index is -0.618. The van der Waals surface area contributed by atoms with Crippen LogP contribution in [0, 0.1) is 0 Å². The van der Waals surface area contributed by atoms with Crippen LogP contribution in [-0.4, -0.2) is 27.1 Å². The van der Waals surface area contributed by atoms with Crippen molar-refractivity contribution in [3.8, 4) is 0 Å².